The van der Waals surface area contributed by atoms with Crippen LogP contribution in [-0.2, 0) is 7.05 Å². The minimum absolute atomic E-state index is 0.243. The molecule has 0 radical (unpaired) electrons. The second-order valence-corrected chi connectivity index (χ2v) is 4.26. The van der Waals surface area contributed by atoms with E-state index in [9.17, 15) is 4.79 Å². The molecule has 0 unspecified atom stereocenters. The van der Waals surface area contributed by atoms with Crippen molar-refractivity contribution < 1.29 is 4.79 Å². The third-order valence-corrected chi connectivity index (χ3v) is 2.75. The summed E-state index contributed by atoms with van der Waals surface area (Å²) in [5.74, 6) is 0.161. The molecule has 0 aliphatic carbocycles. The highest BCUT2D eigenvalue weighted by Gasteiger charge is 2.13. The molecule has 2 rings (SSSR count). The van der Waals surface area contributed by atoms with Crippen LogP contribution in [0.1, 0.15) is 16.1 Å². The number of amides is 1. The molecule has 6 nitrogen and oxygen atoms in total. The second kappa shape index (κ2) is 4.62. The van der Waals surface area contributed by atoms with Gasteiger partial charge in [-0.2, -0.15) is 5.10 Å². The van der Waals surface area contributed by atoms with Crippen LogP contribution in [0.5, 0.6) is 0 Å². The first-order valence-corrected chi connectivity index (χ1v) is 5.64. The van der Waals surface area contributed by atoms with E-state index in [0.717, 1.165) is 5.69 Å². The molecule has 17 heavy (non-hydrogen) atoms. The number of nitrogens with one attached hydrogen (secondary N) is 1. The van der Waals surface area contributed by atoms with Gasteiger partial charge in [-0.1, -0.05) is 0 Å². The summed E-state index contributed by atoms with van der Waals surface area (Å²) < 4.78 is 2.26. The molecule has 0 spiro atoms. The summed E-state index contributed by atoms with van der Waals surface area (Å²) in [6.45, 7) is 1.83. The Kier molecular flexibility index (Phi) is 3.19. The lowest BCUT2D eigenvalue weighted by molar-refractivity contribution is 0.102. The predicted molar refractivity (Wildman–Crippen MR) is 65.6 cm³/mol. The quantitative estimate of drug-likeness (QED) is 0.912. The number of carbonyl (C=O) groups is 1. The van der Waals surface area contributed by atoms with Gasteiger partial charge < -0.3 is 5.32 Å². The first kappa shape index (κ1) is 11.7. The van der Waals surface area contributed by atoms with Crippen LogP contribution < -0.4 is 5.32 Å². The molecule has 0 fully saturated rings. The number of aryl methyl sites for hydroxylation is 1. The molecular weight excluding hydrogens is 286 g/mol. The summed E-state index contributed by atoms with van der Waals surface area (Å²) in [6.07, 6.45) is 4.52. The van der Waals surface area contributed by atoms with Gasteiger partial charge in [0.2, 0.25) is 0 Å². The number of aromatic nitrogens is 4. The highest BCUT2D eigenvalue weighted by Crippen LogP contribution is 2.10. The topological polar surface area (TPSA) is 72.7 Å². The van der Waals surface area contributed by atoms with Crippen molar-refractivity contribution in [2.75, 3.05) is 5.32 Å². The van der Waals surface area contributed by atoms with Crippen molar-refractivity contribution in [3.05, 3.63) is 34.5 Å². The Labute approximate surface area is 106 Å². The van der Waals surface area contributed by atoms with Crippen LogP contribution in [0.3, 0.4) is 0 Å². The van der Waals surface area contributed by atoms with Crippen LogP contribution in [0.25, 0.3) is 0 Å². The van der Waals surface area contributed by atoms with Gasteiger partial charge in [-0.05, 0) is 22.9 Å². The van der Waals surface area contributed by atoms with Crippen molar-refractivity contribution in [1.29, 1.82) is 0 Å². The van der Waals surface area contributed by atoms with Gasteiger partial charge in [-0.3, -0.25) is 9.48 Å². The lowest BCUT2D eigenvalue weighted by atomic mass is 10.2. The van der Waals surface area contributed by atoms with E-state index < -0.39 is 0 Å². The molecule has 7 heteroatoms. The molecule has 1 amide bonds. The largest absolute Gasteiger partial charge is 0.305 e. The van der Waals surface area contributed by atoms with E-state index in [4.69, 9.17) is 0 Å². The van der Waals surface area contributed by atoms with Gasteiger partial charge in [-0.15, -0.1) is 0 Å². The number of rotatable bonds is 2. The van der Waals surface area contributed by atoms with Crippen molar-refractivity contribution in [1.82, 2.24) is 19.7 Å². The third kappa shape index (κ3) is 2.50. The highest BCUT2D eigenvalue weighted by molar-refractivity contribution is 9.10. The van der Waals surface area contributed by atoms with Crippen molar-refractivity contribution in [2.24, 2.45) is 7.05 Å². The fourth-order valence-electron chi connectivity index (χ4n) is 1.28. The van der Waals surface area contributed by atoms with Crippen molar-refractivity contribution in [2.45, 2.75) is 6.92 Å². The normalized spacial score (nSPS) is 10.3. The maximum absolute atomic E-state index is 11.9. The summed E-state index contributed by atoms with van der Waals surface area (Å²) in [6, 6.07) is 0. The van der Waals surface area contributed by atoms with Crippen LogP contribution in [0, 0.1) is 6.92 Å². The van der Waals surface area contributed by atoms with E-state index in [1.807, 2.05) is 6.92 Å². The molecule has 0 saturated carbocycles. The third-order valence-electron chi connectivity index (χ3n) is 2.34. The Hall–Kier alpha value is -1.76. The Morgan fingerprint density at radius 1 is 1.35 bits per heavy atom. The monoisotopic (exact) mass is 295 g/mol. The SMILES string of the molecule is Cc1c(C(=O)Nc2cnc(Br)cn2)cnn1C. The summed E-state index contributed by atoms with van der Waals surface area (Å²) in [7, 11) is 1.78. The molecule has 1 N–H and O–H groups in total. The van der Waals surface area contributed by atoms with E-state index in [1.54, 1.807) is 11.7 Å². The molecule has 0 aliphatic heterocycles. The Balaban J connectivity index is 2.17. The molecule has 0 aromatic carbocycles. The van der Waals surface area contributed by atoms with Gasteiger partial charge in [0.1, 0.15) is 4.60 Å². The number of halogens is 1. The van der Waals surface area contributed by atoms with Crippen LogP contribution >= 0.6 is 15.9 Å². The molecule has 0 atom stereocenters. The zero-order valence-corrected chi connectivity index (χ0v) is 10.9. The van der Waals surface area contributed by atoms with Crippen LogP contribution in [-0.4, -0.2) is 25.7 Å². The molecule has 2 heterocycles. The lowest BCUT2D eigenvalue weighted by Crippen LogP contribution is -2.14. The van der Waals surface area contributed by atoms with E-state index in [1.165, 1.54) is 18.6 Å². The van der Waals surface area contributed by atoms with E-state index in [2.05, 4.69) is 36.3 Å². The van der Waals surface area contributed by atoms with Crippen molar-refractivity contribution >= 4 is 27.7 Å². The number of hydrogen-bond donors (Lipinski definition) is 1. The number of anilines is 1. The van der Waals surface area contributed by atoms with E-state index >= 15 is 0 Å². The number of hydrogen-bond acceptors (Lipinski definition) is 4. The summed E-state index contributed by atoms with van der Waals surface area (Å²) in [5, 5.41) is 6.66. The van der Waals surface area contributed by atoms with Gasteiger partial charge in [-0.25, -0.2) is 9.97 Å². The fourth-order valence-corrected chi connectivity index (χ4v) is 1.49. The minimum atomic E-state index is -0.243. The van der Waals surface area contributed by atoms with Crippen LogP contribution in [0.15, 0.2) is 23.2 Å². The summed E-state index contributed by atoms with van der Waals surface area (Å²) in [4.78, 5) is 19.9. The molecule has 2 aromatic rings. The molecule has 0 bridgehead atoms. The maximum atomic E-state index is 11.9. The zero-order valence-electron chi connectivity index (χ0n) is 9.31. The first-order chi connectivity index (χ1) is 8.08. The van der Waals surface area contributed by atoms with Gasteiger partial charge >= 0.3 is 0 Å². The number of carbonyl (C=O) groups excluding carboxylic acids is 1. The Morgan fingerprint density at radius 2 is 2.12 bits per heavy atom. The lowest BCUT2D eigenvalue weighted by Gasteiger charge is -2.03. The Bertz CT molecular complexity index is 548. The highest BCUT2D eigenvalue weighted by atomic mass is 79.9. The van der Waals surface area contributed by atoms with E-state index in [-0.39, 0.29) is 5.91 Å². The second-order valence-electron chi connectivity index (χ2n) is 3.45. The van der Waals surface area contributed by atoms with E-state index in [0.29, 0.717) is 16.0 Å². The molecular formula is C10H10BrN5O. The zero-order chi connectivity index (χ0) is 12.4. The minimum Gasteiger partial charge on any atom is -0.305 e. The van der Waals surface area contributed by atoms with Gasteiger partial charge in [0.05, 0.1) is 24.2 Å². The number of nitrogens with zero attached hydrogens (tertiary/aromatic N) is 4. The van der Waals surface area contributed by atoms with Gasteiger partial charge in [0, 0.05) is 12.7 Å². The molecule has 2 aromatic heterocycles. The standard InChI is InChI=1S/C10H10BrN5O/c1-6-7(3-14-16(6)2)10(17)15-9-5-12-8(11)4-13-9/h3-5H,1-2H3,(H,13,15,17). The predicted octanol–water partition coefficient (Wildman–Crippen LogP) is 1.53. The van der Waals surface area contributed by atoms with Gasteiger partial charge in [0.25, 0.3) is 5.91 Å². The van der Waals surface area contributed by atoms with Crippen LogP contribution in [0.4, 0.5) is 5.82 Å². The van der Waals surface area contributed by atoms with Crippen molar-refractivity contribution in [3.63, 3.8) is 0 Å². The summed E-state index contributed by atoms with van der Waals surface area (Å²) in [5.41, 5.74) is 1.32. The molecule has 88 valence electrons. The summed E-state index contributed by atoms with van der Waals surface area (Å²) >= 11 is 3.17. The maximum Gasteiger partial charge on any atom is 0.260 e. The molecule has 0 saturated heterocycles. The smallest absolute Gasteiger partial charge is 0.260 e. The average molecular weight is 296 g/mol. The molecule has 0 aliphatic rings. The van der Waals surface area contributed by atoms with Crippen LogP contribution in [0.2, 0.25) is 0 Å². The fraction of sp³-hybridized carbons (Fsp3) is 0.200. The van der Waals surface area contributed by atoms with Gasteiger partial charge in [0.15, 0.2) is 5.82 Å². The average Bonchev–Trinajstić information content (AvgIpc) is 2.63. The first-order valence-electron chi connectivity index (χ1n) is 4.85. The Morgan fingerprint density at radius 3 is 2.65 bits per heavy atom. The van der Waals surface area contributed by atoms with Crippen molar-refractivity contribution in [3.8, 4) is 0 Å².